The van der Waals surface area contributed by atoms with E-state index in [9.17, 15) is 9.59 Å². The zero-order valence-corrected chi connectivity index (χ0v) is 12.2. The molecule has 2 amide bonds. The summed E-state index contributed by atoms with van der Waals surface area (Å²) >= 11 is 0. The number of hydrogen-bond acceptors (Lipinski definition) is 3. The highest BCUT2D eigenvalue weighted by Gasteiger charge is 2.25. The molecule has 2 heterocycles. The zero-order valence-electron chi connectivity index (χ0n) is 12.2. The summed E-state index contributed by atoms with van der Waals surface area (Å²) in [6.45, 7) is 3.17. The normalized spacial score (nSPS) is 17.3. The van der Waals surface area contributed by atoms with Crippen molar-refractivity contribution in [3.8, 4) is 0 Å². The van der Waals surface area contributed by atoms with E-state index in [4.69, 9.17) is 5.11 Å². The Hall–Kier alpha value is -2.11. The van der Waals surface area contributed by atoms with Crippen molar-refractivity contribution >= 4 is 12.0 Å². The molecule has 1 aromatic rings. The third kappa shape index (κ3) is 4.44. The van der Waals surface area contributed by atoms with E-state index in [1.54, 1.807) is 17.3 Å². The Bertz CT molecular complexity index is 484. The fourth-order valence-electron chi connectivity index (χ4n) is 2.60. The molecule has 1 unspecified atom stereocenters. The molecule has 6 nitrogen and oxygen atoms in total. The summed E-state index contributed by atoms with van der Waals surface area (Å²) in [7, 11) is 0. The number of pyridine rings is 1. The van der Waals surface area contributed by atoms with Crippen molar-refractivity contribution in [2.45, 2.75) is 32.2 Å². The molecule has 2 N–H and O–H groups in total. The standard InChI is InChI=1S/C15H21N3O3/c1-11(13-2-6-16-7-3-13)17-15(21)18-8-4-12(5-9-18)10-14(19)20/h2-3,6-7,11-12H,4-5,8-10H2,1H3,(H,17,21)(H,19,20). The van der Waals surface area contributed by atoms with Gasteiger partial charge in [-0.25, -0.2) is 4.79 Å². The predicted molar refractivity (Wildman–Crippen MR) is 77.7 cm³/mol. The van der Waals surface area contributed by atoms with Gasteiger partial charge in [0.15, 0.2) is 0 Å². The summed E-state index contributed by atoms with van der Waals surface area (Å²) in [6.07, 6.45) is 5.11. The van der Waals surface area contributed by atoms with Crippen LogP contribution in [0.1, 0.15) is 37.8 Å². The van der Waals surface area contributed by atoms with E-state index < -0.39 is 5.97 Å². The van der Waals surface area contributed by atoms with Crippen molar-refractivity contribution in [2.24, 2.45) is 5.92 Å². The van der Waals surface area contributed by atoms with Crippen LogP contribution in [0.3, 0.4) is 0 Å². The molecule has 1 aliphatic rings. The molecule has 0 bridgehead atoms. The molecule has 0 saturated carbocycles. The van der Waals surface area contributed by atoms with Gasteiger partial charge in [-0.15, -0.1) is 0 Å². The van der Waals surface area contributed by atoms with Gasteiger partial charge in [-0.1, -0.05) is 0 Å². The van der Waals surface area contributed by atoms with Gasteiger partial charge in [0.25, 0.3) is 0 Å². The number of carbonyl (C=O) groups excluding carboxylic acids is 1. The van der Waals surface area contributed by atoms with E-state index in [2.05, 4.69) is 10.3 Å². The molecule has 2 rings (SSSR count). The van der Waals surface area contributed by atoms with E-state index in [0.29, 0.717) is 13.1 Å². The number of carboxylic acids is 1. The van der Waals surface area contributed by atoms with Crippen molar-refractivity contribution in [1.82, 2.24) is 15.2 Å². The maximum atomic E-state index is 12.2. The van der Waals surface area contributed by atoms with Crippen LogP contribution in [0.4, 0.5) is 4.79 Å². The van der Waals surface area contributed by atoms with Crippen LogP contribution in [0.5, 0.6) is 0 Å². The summed E-state index contributed by atoms with van der Waals surface area (Å²) in [5, 5.41) is 11.8. The lowest BCUT2D eigenvalue weighted by Crippen LogP contribution is -2.45. The molecule has 0 aliphatic carbocycles. The highest BCUT2D eigenvalue weighted by atomic mass is 16.4. The van der Waals surface area contributed by atoms with Gasteiger partial charge in [-0.05, 0) is 43.4 Å². The van der Waals surface area contributed by atoms with Crippen LogP contribution in [0.15, 0.2) is 24.5 Å². The molecule has 1 aromatic heterocycles. The lowest BCUT2D eigenvalue weighted by Gasteiger charge is -2.32. The fraction of sp³-hybridized carbons (Fsp3) is 0.533. The Kier molecular flexibility index (Phi) is 5.14. The highest BCUT2D eigenvalue weighted by Crippen LogP contribution is 2.21. The van der Waals surface area contributed by atoms with Crippen molar-refractivity contribution in [3.05, 3.63) is 30.1 Å². The van der Waals surface area contributed by atoms with Crippen molar-refractivity contribution < 1.29 is 14.7 Å². The van der Waals surface area contributed by atoms with Gasteiger partial charge < -0.3 is 15.3 Å². The maximum absolute atomic E-state index is 12.2. The van der Waals surface area contributed by atoms with Gasteiger partial charge >= 0.3 is 12.0 Å². The first-order valence-corrected chi connectivity index (χ1v) is 7.23. The summed E-state index contributed by atoms with van der Waals surface area (Å²) in [4.78, 5) is 28.6. The summed E-state index contributed by atoms with van der Waals surface area (Å²) in [5.41, 5.74) is 1.01. The Morgan fingerprint density at radius 3 is 2.57 bits per heavy atom. The molecule has 6 heteroatoms. The van der Waals surface area contributed by atoms with E-state index >= 15 is 0 Å². The number of aliphatic carboxylic acids is 1. The number of piperidine rings is 1. The third-order valence-corrected chi connectivity index (χ3v) is 3.91. The number of carboxylic acid groups (broad SMARTS) is 1. The Labute approximate surface area is 124 Å². The Morgan fingerprint density at radius 1 is 1.38 bits per heavy atom. The van der Waals surface area contributed by atoms with Crippen LogP contribution >= 0.6 is 0 Å². The summed E-state index contributed by atoms with van der Waals surface area (Å²) in [6, 6.07) is 3.60. The van der Waals surface area contributed by atoms with Crippen LogP contribution in [0, 0.1) is 5.92 Å². The average Bonchev–Trinajstić information content (AvgIpc) is 2.48. The topological polar surface area (TPSA) is 82.5 Å². The maximum Gasteiger partial charge on any atom is 0.317 e. The number of carbonyl (C=O) groups is 2. The largest absolute Gasteiger partial charge is 0.481 e. The fourth-order valence-corrected chi connectivity index (χ4v) is 2.60. The first-order valence-electron chi connectivity index (χ1n) is 7.23. The van der Waals surface area contributed by atoms with Crippen LogP contribution in [-0.4, -0.2) is 40.1 Å². The van der Waals surface area contributed by atoms with Crippen LogP contribution in [-0.2, 0) is 4.79 Å². The molecule has 21 heavy (non-hydrogen) atoms. The minimum Gasteiger partial charge on any atom is -0.481 e. The van der Waals surface area contributed by atoms with Gasteiger partial charge in [0.2, 0.25) is 0 Å². The second kappa shape index (κ2) is 7.06. The van der Waals surface area contributed by atoms with Crippen LogP contribution in [0.2, 0.25) is 0 Å². The average molecular weight is 291 g/mol. The molecule has 1 fully saturated rings. The van der Waals surface area contributed by atoms with Gasteiger partial charge in [0.1, 0.15) is 0 Å². The number of likely N-dealkylation sites (tertiary alicyclic amines) is 1. The Morgan fingerprint density at radius 2 is 2.00 bits per heavy atom. The lowest BCUT2D eigenvalue weighted by atomic mass is 9.94. The second-order valence-electron chi connectivity index (χ2n) is 5.48. The van der Waals surface area contributed by atoms with E-state index in [1.807, 2.05) is 19.1 Å². The molecule has 1 atom stereocenters. The number of nitrogens with zero attached hydrogens (tertiary/aromatic N) is 2. The molecule has 0 spiro atoms. The molecule has 0 aromatic carbocycles. The molecule has 0 radical (unpaired) electrons. The first kappa shape index (κ1) is 15.3. The lowest BCUT2D eigenvalue weighted by molar-refractivity contribution is -0.138. The number of rotatable bonds is 4. The van der Waals surface area contributed by atoms with E-state index in [-0.39, 0.29) is 24.4 Å². The van der Waals surface area contributed by atoms with Gasteiger partial charge in [-0.2, -0.15) is 0 Å². The van der Waals surface area contributed by atoms with E-state index in [0.717, 1.165) is 18.4 Å². The van der Waals surface area contributed by atoms with Gasteiger partial charge in [0.05, 0.1) is 6.04 Å². The van der Waals surface area contributed by atoms with E-state index in [1.165, 1.54) is 0 Å². The summed E-state index contributed by atoms with van der Waals surface area (Å²) in [5.74, 6) is -0.576. The van der Waals surface area contributed by atoms with Crippen LogP contribution < -0.4 is 5.32 Å². The summed E-state index contributed by atoms with van der Waals surface area (Å²) < 4.78 is 0. The van der Waals surface area contributed by atoms with Crippen molar-refractivity contribution in [3.63, 3.8) is 0 Å². The number of amides is 2. The smallest absolute Gasteiger partial charge is 0.317 e. The van der Waals surface area contributed by atoms with Gasteiger partial charge in [-0.3, -0.25) is 9.78 Å². The van der Waals surface area contributed by atoms with Gasteiger partial charge in [0, 0.05) is 31.9 Å². The molecule has 1 saturated heterocycles. The first-order chi connectivity index (χ1) is 10.1. The molecule has 114 valence electrons. The van der Waals surface area contributed by atoms with Crippen molar-refractivity contribution in [2.75, 3.05) is 13.1 Å². The number of hydrogen-bond donors (Lipinski definition) is 2. The monoisotopic (exact) mass is 291 g/mol. The SMILES string of the molecule is CC(NC(=O)N1CCC(CC(=O)O)CC1)c1ccncc1. The molecular weight excluding hydrogens is 270 g/mol. The molecular formula is C15H21N3O3. The van der Waals surface area contributed by atoms with Crippen LogP contribution in [0.25, 0.3) is 0 Å². The molecule has 1 aliphatic heterocycles. The Balaban J connectivity index is 1.81. The zero-order chi connectivity index (χ0) is 15.2. The third-order valence-electron chi connectivity index (χ3n) is 3.91. The minimum atomic E-state index is -0.760. The highest BCUT2D eigenvalue weighted by molar-refractivity contribution is 5.74. The minimum absolute atomic E-state index is 0.0720. The number of urea groups is 1. The quantitative estimate of drug-likeness (QED) is 0.889. The number of nitrogens with one attached hydrogen (secondary N) is 1. The van der Waals surface area contributed by atoms with Crippen molar-refractivity contribution in [1.29, 1.82) is 0 Å². The number of aromatic nitrogens is 1. The second-order valence-corrected chi connectivity index (χ2v) is 5.48. The predicted octanol–water partition coefficient (Wildman–Crippen LogP) is 2.04.